The number of H-pyrrole nitrogens is 2. The summed E-state index contributed by atoms with van der Waals surface area (Å²) < 4.78 is 0. The quantitative estimate of drug-likeness (QED) is 0.271. The van der Waals surface area contributed by atoms with Crippen LogP contribution in [0.5, 0.6) is 0 Å². The minimum absolute atomic E-state index is 0.244. The number of carboxylic acids is 1. The molecule has 6 heteroatoms. The first-order valence-corrected chi connectivity index (χ1v) is 13.2. The number of benzene rings is 3. The van der Waals surface area contributed by atoms with Crippen molar-refractivity contribution in [3.8, 4) is 23.0 Å². The van der Waals surface area contributed by atoms with Crippen molar-refractivity contribution in [2.24, 2.45) is 0 Å². The van der Waals surface area contributed by atoms with E-state index in [0.717, 1.165) is 47.2 Å². The zero-order valence-electron chi connectivity index (χ0n) is 19.7. The number of rotatable bonds is 4. The van der Waals surface area contributed by atoms with Crippen molar-refractivity contribution < 1.29 is 9.90 Å². The van der Waals surface area contributed by atoms with E-state index in [1.165, 1.54) is 22.6 Å². The van der Waals surface area contributed by atoms with Crippen LogP contribution in [0.3, 0.4) is 0 Å². The van der Waals surface area contributed by atoms with Gasteiger partial charge in [0.1, 0.15) is 0 Å². The van der Waals surface area contributed by atoms with Gasteiger partial charge in [-0.1, -0.05) is 36.1 Å². The number of hydrogen-bond acceptors (Lipinski definition) is 3. The van der Waals surface area contributed by atoms with Crippen LogP contribution in [0.1, 0.15) is 27.2 Å². The van der Waals surface area contributed by atoms with Crippen LogP contribution in [0.2, 0.25) is 0 Å². The number of aromatic nitrogens is 2. The molecule has 0 atom stereocenters. The minimum Gasteiger partial charge on any atom is -0.478 e. The average Bonchev–Trinajstić information content (AvgIpc) is 3.53. The number of thioether (sulfide) groups is 1. The monoisotopic (exact) mass is 491 g/mol. The van der Waals surface area contributed by atoms with Gasteiger partial charge in [0, 0.05) is 70.8 Å². The molecule has 1 aliphatic rings. The third kappa shape index (κ3) is 4.51. The molecule has 178 valence electrons. The summed E-state index contributed by atoms with van der Waals surface area (Å²) in [5.41, 5.74) is 6.53. The topological polar surface area (TPSA) is 72.1 Å². The Kier molecular flexibility index (Phi) is 6.02. The van der Waals surface area contributed by atoms with Gasteiger partial charge in [0.2, 0.25) is 0 Å². The maximum atomic E-state index is 12.1. The Morgan fingerprint density at radius 3 is 2.67 bits per heavy atom. The summed E-state index contributed by atoms with van der Waals surface area (Å²) in [6, 6.07) is 21.6. The van der Waals surface area contributed by atoms with Crippen LogP contribution in [0.25, 0.3) is 32.9 Å². The van der Waals surface area contributed by atoms with E-state index in [4.69, 9.17) is 0 Å². The van der Waals surface area contributed by atoms with Crippen molar-refractivity contribution in [1.82, 2.24) is 14.9 Å². The number of carbonyl (C=O) groups is 1. The molecule has 0 amide bonds. The molecule has 0 spiro atoms. The lowest BCUT2D eigenvalue weighted by atomic mass is 9.93. The van der Waals surface area contributed by atoms with Crippen LogP contribution < -0.4 is 0 Å². The highest BCUT2D eigenvalue weighted by Gasteiger charge is 2.16. The number of nitrogens with zero attached hydrogens (tertiary/aromatic N) is 1. The second-order valence-corrected chi connectivity index (χ2v) is 10.3. The zero-order valence-corrected chi connectivity index (χ0v) is 20.5. The molecule has 3 heterocycles. The summed E-state index contributed by atoms with van der Waals surface area (Å²) in [4.78, 5) is 21.3. The number of aromatic amines is 2. The number of hydrogen-bond donors (Lipinski definition) is 3. The number of fused-ring (bicyclic) bond motifs is 2. The number of aromatic carboxylic acids is 1. The SMILES string of the molecule is O=C(O)c1cccc(C#Cc2ccc3cc(CN4CCSCC4)[nH]c3c2)c1-c1ccc2cc[nH]c2c1. The summed E-state index contributed by atoms with van der Waals surface area (Å²) in [5.74, 6) is 7.95. The first-order chi connectivity index (χ1) is 17.6. The van der Waals surface area contributed by atoms with E-state index in [0.29, 0.717) is 11.1 Å². The fourth-order valence-corrected chi connectivity index (χ4v) is 5.82. The second kappa shape index (κ2) is 9.62. The van der Waals surface area contributed by atoms with Crippen molar-refractivity contribution >= 4 is 39.5 Å². The van der Waals surface area contributed by atoms with Crippen LogP contribution in [0, 0.1) is 11.8 Å². The summed E-state index contributed by atoms with van der Waals surface area (Å²) in [6.45, 7) is 3.20. The molecule has 1 aliphatic heterocycles. The standard InChI is InChI=1S/C30H25N3O2S/c34-30(35)26-3-1-2-22(29(26)24-9-8-21-10-11-31-27(21)18-24)6-4-20-5-7-23-17-25(32-28(23)16-20)19-33-12-14-36-15-13-33/h1-3,5,7-11,16-18,31-32H,12-15,19H2,(H,34,35). The van der Waals surface area contributed by atoms with Gasteiger partial charge in [-0.2, -0.15) is 11.8 Å². The maximum absolute atomic E-state index is 12.1. The molecular weight excluding hydrogens is 466 g/mol. The predicted molar refractivity (Wildman–Crippen MR) is 148 cm³/mol. The molecule has 3 aromatic carbocycles. The Morgan fingerprint density at radius 1 is 0.944 bits per heavy atom. The molecule has 0 saturated carbocycles. The molecule has 36 heavy (non-hydrogen) atoms. The molecule has 0 bridgehead atoms. The number of carboxylic acid groups (broad SMARTS) is 1. The molecule has 2 aromatic heterocycles. The van der Waals surface area contributed by atoms with Crippen LogP contribution in [0.4, 0.5) is 0 Å². The summed E-state index contributed by atoms with van der Waals surface area (Å²) >= 11 is 2.02. The van der Waals surface area contributed by atoms with E-state index in [1.807, 2.05) is 54.4 Å². The highest BCUT2D eigenvalue weighted by Crippen LogP contribution is 2.30. The van der Waals surface area contributed by atoms with Crippen molar-refractivity contribution in [2.75, 3.05) is 24.6 Å². The Bertz CT molecular complexity index is 1650. The molecular formula is C30H25N3O2S. The molecule has 5 aromatic rings. The lowest BCUT2D eigenvalue weighted by Gasteiger charge is -2.25. The zero-order chi connectivity index (χ0) is 24.5. The molecule has 0 radical (unpaired) electrons. The van der Waals surface area contributed by atoms with E-state index in [2.05, 4.69) is 44.9 Å². The number of nitrogens with one attached hydrogen (secondary N) is 2. The van der Waals surface area contributed by atoms with Gasteiger partial charge in [-0.15, -0.1) is 0 Å². The summed E-state index contributed by atoms with van der Waals surface area (Å²) in [7, 11) is 0. The van der Waals surface area contributed by atoms with Gasteiger partial charge in [-0.05, 0) is 58.8 Å². The Morgan fingerprint density at radius 2 is 1.81 bits per heavy atom. The lowest BCUT2D eigenvalue weighted by Crippen LogP contribution is -2.32. The summed E-state index contributed by atoms with van der Waals surface area (Å²) in [6.07, 6.45) is 1.88. The minimum atomic E-state index is -0.965. The van der Waals surface area contributed by atoms with E-state index < -0.39 is 5.97 Å². The smallest absolute Gasteiger partial charge is 0.336 e. The molecule has 1 fully saturated rings. The normalized spacial score (nSPS) is 14.1. The van der Waals surface area contributed by atoms with Crippen LogP contribution in [0.15, 0.2) is 72.9 Å². The predicted octanol–water partition coefficient (Wildman–Crippen LogP) is 5.96. The van der Waals surface area contributed by atoms with Gasteiger partial charge >= 0.3 is 5.97 Å². The van der Waals surface area contributed by atoms with E-state index in [9.17, 15) is 9.90 Å². The lowest BCUT2D eigenvalue weighted by molar-refractivity contribution is 0.0697. The van der Waals surface area contributed by atoms with Crippen LogP contribution >= 0.6 is 11.8 Å². The fourth-order valence-electron chi connectivity index (χ4n) is 4.84. The molecule has 0 aliphatic carbocycles. The van der Waals surface area contributed by atoms with Crippen molar-refractivity contribution in [1.29, 1.82) is 0 Å². The average molecular weight is 492 g/mol. The van der Waals surface area contributed by atoms with Gasteiger partial charge in [0.15, 0.2) is 0 Å². The molecule has 1 saturated heterocycles. The van der Waals surface area contributed by atoms with Gasteiger partial charge in [-0.3, -0.25) is 4.90 Å². The van der Waals surface area contributed by atoms with Gasteiger partial charge in [-0.25, -0.2) is 4.79 Å². The van der Waals surface area contributed by atoms with E-state index >= 15 is 0 Å². The molecule has 0 unspecified atom stereocenters. The highest BCUT2D eigenvalue weighted by molar-refractivity contribution is 7.99. The fraction of sp³-hybridized carbons (Fsp3) is 0.167. The first kappa shape index (κ1) is 22.5. The van der Waals surface area contributed by atoms with Gasteiger partial charge in [0.05, 0.1) is 5.56 Å². The summed E-state index contributed by atoms with van der Waals surface area (Å²) in [5, 5.41) is 12.1. The second-order valence-electron chi connectivity index (χ2n) is 9.05. The van der Waals surface area contributed by atoms with Crippen molar-refractivity contribution in [2.45, 2.75) is 6.54 Å². The van der Waals surface area contributed by atoms with Crippen LogP contribution in [-0.2, 0) is 6.54 Å². The largest absolute Gasteiger partial charge is 0.478 e. The maximum Gasteiger partial charge on any atom is 0.336 e. The van der Waals surface area contributed by atoms with E-state index in [1.54, 1.807) is 12.1 Å². The third-order valence-electron chi connectivity index (χ3n) is 6.66. The molecule has 5 nitrogen and oxygen atoms in total. The Balaban J connectivity index is 1.35. The Hall–Kier alpha value is -3.92. The van der Waals surface area contributed by atoms with Gasteiger partial charge in [0.25, 0.3) is 0 Å². The van der Waals surface area contributed by atoms with Crippen molar-refractivity contribution in [3.63, 3.8) is 0 Å². The molecule has 6 rings (SSSR count). The van der Waals surface area contributed by atoms with Crippen LogP contribution in [-0.4, -0.2) is 50.5 Å². The van der Waals surface area contributed by atoms with E-state index in [-0.39, 0.29) is 5.56 Å². The highest BCUT2D eigenvalue weighted by atomic mass is 32.2. The third-order valence-corrected chi connectivity index (χ3v) is 7.60. The van der Waals surface area contributed by atoms with Crippen molar-refractivity contribution in [3.05, 3.63) is 95.3 Å². The van der Waals surface area contributed by atoms with Gasteiger partial charge < -0.3 is 15.1 Å². The first-order valence-electron chi connectivity index (χ1n) is 12.0. The molecule has 3 N–H and O–H groups in total. The Labute approximate surface area is 213 Å².